The molecule has 0 aliphatic heterocycles. The van der Waals surface area contributed by atoms with Crippen LogP contribution in [0.25, 0.3) is 10.9 Å². The molecule has 3 aromatic rings. The fourth-order valence-corrected chi connectivity index (χ4v) is 1.80. The Kier molecular flexibility index (Phi) is 2.97. The predicted molar refractivity (Wildman–Crippen MR) is 68.9 cm³/mol. The Balaban J connectivity index is 1.93. The van der Waals surface area contributed by atoms with Crippen LogP contribution in [0.5, 0.6) is 0 Å². The van der Waals surface area contributed by atoms with E-state index in [4.69, 9.17) is 0 Å². The van der Waals surface area contributed by atoms with Crippen molar-refractivity contribution in [1.29, 1.82) is 0 Å². The number of fused-ring (bicyclic) bond motifs is 1. The van der Waals surface area contributed by atoms with Gasteiger partial charge < -0.3 is 5.32 Å². The van der Waals surface area contributed by atoms with Crippen molar-refractivity contribution in [3.63, 3.8) is 0 Å². The minimum absolute atomic E-state index is 0.344. The first-order valence-electron chi connectivity index (χ1n) is 5.72. The zero-order chi connectivity index (χ0) is 13.1. The molecule has 1 N–H and O–H groups in total. The average molecular weight is 255 g/mol. The molecule has 2 heterocycles. The lowest BCUT2D eigenvalue weighted by atomic mass is 10.2. The summed E-state index contributed by atoms with van der Waals surface area (Å²) in [5.74, 6) is 0.116. The van der Waals surface area contributed by atoms with Crippen LogP contribution in [0.15, 0.2) is 43.1 Å². The molecule has 0 saturated heterocycles. The van der Waals surface area contributed by atoms with Crippen LogP contribution in [0.4, 0.5) is 10.2 Å². The molecular weight excluding hydrogens is 245 g/mol. The summed E-state index contributed by atoms with van der Waals surface area (Å²) in [5, 5.41) is 3.45. The van der Waals surface area contributed by atoms with Gasteiger partial charge in [-0.2, -0.15) is 0 Å². The molecule has 3 rings (SSSR count). The molecular formula is C13H10FN5. The highest BCUT2D eigenvalue weighted by Gasteiger charge is 2.08. The zero-order valence-electron chi connectivity index (χ0n) is 9.92. The highest BCUT2D eigenvalue weighted by atomic mass is 19.1. The second kappa shape index (κ2) is 4.93. The first-order chi connectivity index (χ1) is 9.34. The van der Waals surface area contributed by atoms with E-state index in [2.05, 4.69) is 25.3 Å². The van der Waals surface area contributed by atoms with Crippen LogP contribution < -0.4 is 5.32 Å². The van der Waals surface area contributed by atoms with Crippen LogP contribution in [-0.2, 0) is 6.54 Å². The van der Waals surface area contributed by atoms with Gasteiger partial charge >= 0.3 is 0 Å². The molecule has 0 aliphatic carbocycles. The van der Waals surface area contributed by atoms with Crippen molar-refractivity contribution in [2.45, 2.75) is 6.54 Å². The van der Waals surface area contributed by atoms with Crippen molar-refractivity contribution in [3.05, 3.63) is 54.6 Å². The minimum Gasteiger partial charge on any atom is -0.364 e. The molecule has 1 aromatic carbocycles. The lowest BCUT2D eigenvalue weighted by Crippen LogP contribution is -2.04. The molecule has 0 spiro atoms. The number of hydrogen-bond acceptors (Lipinski definition) is 5. The number of halogens is 1. The van der Waals surface area contributed by atoms with Gasteiger partial charge in [0.1, 0.15) is 24.3 Å². The largest absolute Gasteiger partial charge is 0.364 e. The Morgan fingerprint density at radius 3 is 2.84 bits per heavy atom. The molecule has 94 valence electrons. The fraction of sp³-hybridized carbons (Fsp3) is 0.0769. The Morgan fingerprint density at radius 1 is 1.05 bits per heavy atom. The number of rotatable bonds is 3. The molecule has 19 heavy (non-hydrogen) atoms. The van der Waals surface area contributed by atoms with Gasteiger partial charge in [0.25, 0.3) is 0 Å². The maximum atomic E-state index is 13.8. The van der Waals surface area contributed by atoms with Crippen LogP contribution in [0.2, 0.25) is 0 Å². The molecule has 0 aliphatic rings. The van der Waals surface area contributed by atoms with Crippen LogP contribution in [0.1, 0.15) is 5.69 Å². The third-order valence-electron chi connectivity index (χ3n) is 2.69. The number of anilines is 1. The van der Waals surface area contributed by atoms with E-state index in [1.54, 1.807) is 24.4 Å². The Hall–Kier alpha value is -2.63. The zero-order valence-corrected chi connectivity index (χ0v) is 9.92. The summed E-state index contributed by atoms with van der Waals surface area (Å²) in [7, 11) is 0. The van der Waals surface area contributed by atoms with Crippen LogP contribution in [-0.4, -0.2) is 19.9 Å². The van der Waals surface area contributed by atoms with Gasteiger partial charge in [0.05, 0.1) is 23.1 Å². The third-order valence-corrected chi connectivity index (χ3v) is 2.69. The van der Waals surface area contributed by atoms with Crippen molar-refractivity contribution in [2.24, 2.45) is 0 Å². The van der Waals surface area contributed by atoms with E-state index < -0.39 is 0 Å². The van der Waals surface area contributed by atoms with Gasteiger partial charge in [-0.1, -0.05) is 6.07 Å². The molecule has 0 fully saturated rings. The van der Waals surface area contributed by atoms with Crippen molar-refractivity contribution in [2.75, 3.05) is 5.32 Å². The van der Waals surface area contributed by atoms with E-state index in [0.29, 0.717) is 23.3 Å². The molecule has 0 atom stereocenters. The van der Waals surface area contributed by atoms with Gasteiger partial charge in [-0.15, -0.1) is 0 Å². The molecule has 0 unspecified atom stereocenters. The van der Waals surface area contributed by atoms with Gasteiger partial charge in [-0.25, -0.2) is 24.3 Å². The average Bonchev–Trinajstić information content (AvgIpc) is 2.46. The number of aromatic nitrogens is 4. The van der Waals surface area contributed by atoms with E-state index in [-0.39, 0.29) is 5.82 Å². The van der Waals surface area contributed by atoms with E-state index in [1.165, 1.54) is 18.7 Å². The number of benzene rings is 1. The van der Waals surface area contributed by atoms with E-state index >= 15 is 0 Å². The smallest absolute Gasteiger partial charge is 0.140 e. The summed E-state index contributed by atoms with van der Waals surface area (Å²) in [6, 6.07) is 6.54. The third kappa shape index (κ3) is 2.33. The maximum Gasteiger partial charge on any atom is 0.140 e. The molecule has 0 saturated carbocycles. The Morgan fingerprint density at radius 2 is 2.00 bits per heavy atom. The summed E-state index contributed by atoms with van der Waals surface area (Å²) in [6.45, 7) is 0.447. The second-order valence-electron chi connectivity index (χ2n) is 3.91. The SMILES string of the molecule is Fc1cccc2ncnc(NCc3ccncn3)c12. The molecule has 0 radical (unpaired) electrons. The lowest BCUT2D eigenvalue weighted by Gasteiger charge is -2.08. The summed E-state index contributed by atoms with van der Waals surface area (Å²) < 4.78 is 13.8. The number of hydrogen-bond donors (Lipinski definition) is 1. The summed E-state index contributed by atoms with van der Waals surface area (Å²) in [4.78, 5) is 16.0. The van der Waals surface area contributed by atoms with E-state index in [1.807, 2.05) is 0 Å². The van der Waals surface area contributed by atoms with E-state index in [9.17, 15) is 4.39 Å². The molecule has 2 aromatic heterocycles. The molecule has 0 amide bonds. The first-order valence-corrected chi connectivity index (χ1v) is 5.72. The van der Waals surface area contributed by atoms with Crippen molar-refractivity contribution >= 4 is 16.7 Å². The van der Waals surface area contributed by atoms with Gasteiger partial charge in [0.15, 0.2) is 0 Å². The maximum absolute atomic E-state index is 13.8. The first kappa shape index (κ1) is 11.5. The Labute approximate surface area is 108 Å². The summed E-state index contributed by atoms with van der Waals surface area (Å²) in [5.41, 5.74) is 1.37. The van der Waals surface area contributed by atoms with Crippen LogP contribution in [0, 0.1) is 5.82 Å². The number of nitrogens with one attached hydrogen (secondary N) is 1. The highest BCUT2D eigenvalue weighted by Crippen LogP contribution is 2.22. The van der Waals surface area contributed by atoms with E-state index in [0.717, 1.165) is 5.69 Å². The monoisotopic (exact) mass is 255 g/mol. The summed E-state index contributed by atoms with van der Waals surface area (Å²) in [6.07, 6.45) is 4.53. The minimum atomic E-state index is -0.344. The molecule has 6 heteroatoms. The quantitative estimate of drug-likeness (QED) is 0.777. The van der Waals surface area contributed by atoms with Gasteiger partial charge in [-0.05, 0) is 18.2 Å². The molecule has 5 nitrogen and oxygen atoms in total. The number of nitrogens with zero attached hydrogens (tertiary/aromatic N) is 4. The predicted octanol–water partition coefficient (Wildman–Crippen LogP) is 2.17. The normalized spacial score (nSPS) is 10.6. The summed E-state index contributed by atoms with van der Waals surface area (Å²) >= 11 is 0. The second-order valence-corrected chi connectivity index (χ2v) is 3.91. The topological polar surface area (TPSA) is 63.6 Å². The van der Waals surface area contributed by atoms with Gasteiger partial charge in [0, 0.05) is 6.20 Å². The Bertz CT molecular complexity index is 696. The van der Waals surface area contributed by atoms with Crippen LogP contribution in [0.3, 0.4) is 0 Å². The van der Waals surface area contributed by atoms with Crippen molar-refractivity contribution in [1.82, 2.24) is 19.9 Å². The van der Waals surface area contributed by atoms with Crippen LogP contribution >= 0.6 is 0 Å². The highest BCUT2D eigenvalue weighted by molar-refractivity contribution is 5.89. The fourth-order valence-electron chi connectivity index (χ4n) is 1.80. The van der Waals surface area contributed by atoms with Crippen molar-refractivity contribution < 1.29 is 4.39 Å². The van der Waals surface area contributed by atoms with Gasteiger partial charge in [0.2, 0.25) is 0 Å². The standard InChI is InChI=1S/C13H10FN5/c14-10-2-1-3-11-12(10)13(19-8-18-11)16-6-9-4-5-15-7-17-9/h1-5,7-8H,6H2,(H,16,18,19). The molecule has 0 bridgehead atoms. The lowest BCUT2D eigenvalue weighted by molar-refractivity contribution is 0.639. The van der Waals surface area contributed by atoms with Gasteiger partial charge in [-0.3, -0.25) is 0 Å². The van der Waals surface area contributed by atoms with Crippen molar-refractivity contribution in [3.8, 4) is 0 Å².